The Balaban J connectivity index is 1.72. The second-order valence-electron chi connectivity index (χ2n) is 7.82. The van der Waals surface area contributed by atoms with E-state index in [9.17, 15) is 27.6 Å². The SMILES string of the molecule is CC1C(=O)N(CC(=O)Nc2ccc(C(F)(F)F)cc2)c2cn(C)c(=O)c(F)c2-c2cccnc21. The number of alkyl halides is 3. The van der Waals surface area contributed by atoms with Gasteiger partial charge in [-0.3, -0.25) is 19.4 Å². The first-order valence-corrected chi connectivity index (χ1v) is 10.1. The van der Waals surface area contributed by atoms with Gasteiger partial charge in [-0.1, -0.05) is 6.07 Å². The topological polar surface area (TPSA) is 84.3 Å². The van der Waals surface area contributed by atoms with Crippen molar-refractivity contribution < 1.29 is 27.2 Å². The molecule has 34 heavy (non-hydrogen) atoms. The van der Waals surface area contributed by atoms with E-state index in [-0.39, 0.29) is 28.2 Å². The van der Waals surface area contributed by atoms with Crippen molar-refractivity contribution in [1.82, 2.24) is 9.55 Å². The molecule has 0 bridgehead atoms. The molecule has 11 heteroatoms. The van der Waals surface area contributed by atoms with Crippen molar-refractivity contribution in [2.24, 2.45) is 7.05 Å². The molecule has 7 nitrogen and oxygen atoms in total. The maximum absolute atomic E-state index is 15.2. The second kappa shape index (κ2) is 8.40. The molecule has 1 N–H and O–H groups in total. The van der Waals surface area contributed by atoms with Gasteiger partial charge in [0.1, 0.15) is 6.54 Å². The van der Waals surface area contributed by atoms with Gasteiger partial charge in [0, 0.05) is 30.7 Å². The summed E-state index contributed by atoms with van der Waals surface area (Å²) < 4.78 is 54.4. The van der Waals surface area contributed by atoms with E-state index in [1.165, 1.54) is 19.4 Å². The van der Waals surface area contributed by atoms with Gasteiger partial charge in [0.15, 0.2) is 5.82 Å². The van der Waals surface area contributed by atoms with Crippen LogP contribution >= 0.6 is 0 Å². The molecular formula is C23H18F4N4O3. The third-order valence-corrected chi connectivity index (χ3v) is 5.54. The molecule has 1 unspecified atom stereocenters. The molecule has 0 spiro atoms. The van der Waals surface area contributed by atoms with Gasteiger partial charge in [0.2, 0.25) is 11.8 Å². The molecule has 3 aromatic rings. The number of rotatable bonds is 3. The van der Waals surface area contributed by atoms with Gasteiger partial charge in [-0.15, -0.1) is 0 Å². The molecule has 2 amide bonds. The van der Waals surface area contributed by atoms with E-state index in [0.717, 1.165) is 33.7 Å². The van der Waals surface area contributed by atoms with E-state index < -0.39 is 47.4 Å². The standard InChI is InChI=1S/C23H18F4N4O3/c1-12-20-15(4-3-9-28-20)18-16(10-30(2)22(34)19(18)24)31(21(12)33)11-17(32)29-14-7-5-13(6-8-14)23(25,26)27/h3-10,12H,11H2,1-2H3,(H,29,32). The fraction of sp³-hybridized carbons (Fsp3) is 0.217. The Labute approximate surface area is 190 Å². The van der Waals surface area contributed by atoms with Crippen LogP contribution in [-0.2, 0) is 22.8 Å². The van der Waals surface area contributed by atoms with Crippen LogP contribution in [0.3, 0.4) is 0 Å². The van der Waals surface area contributed by atoms with E-state index in [1.807, 2.05) is 0 Å². The monoisotopic (exact) mass is 474 g/mol. The summed E-state index contributed by atoms with van der Waals surface area (Å²) in [6.45, 7) is 0.986. The Kier molecular flexibility index (Phi) is 5.72. The predicted molar refractivity (Wildman–Crippen MR) is 116 cm³/mol. The molecule has 176 valence electrons. The van der Waals surface area contributed by atoms with Gasteiger partial charge in [-0.2, -0.15) is 13.2 Å². The zero-order valence-electron chi connectivity index (χ0n) is 18.0. The Morgan fingerprint density at radius 1 is 1.15 bits per heavy atom. The molecule has 1 atom stereocenters. The Morgan fingerprint density at radius 2 is 1.82 bits per heavy atom. The first-order chi connectivity index (χ1) is 16.0. The molecule has 1 aliphatic rings. The van der Waals surface area contributed by atoms with Gasteiger partial charge < -0.3 is 14.8 Å². The summed E-state index contributed by atoms with van der Waals surface area (Å²) in [6.07, 6.45) is -1.82. The highest BCUT2D eigenvalue weighted by molar-refractivity contribution is 6.09. The van der Waals surface area contributed by atoms with Crippen LogP contribution in [0.2, 0.25) is 0 Å². The zero-order valence-corrected chi connectivity index (χ0v) is 18.0. The second-order valence-corrected chi connectivity index (χ2v) is 7.82. The molecule has 1 aliphatic heterocycles. The van der Waals surface area contributed by atoms with Crippen LogP contribution < -0.4 is 15.8 Å². The van der Waals surface area contributed by atoms with Crippen molar-refractivity contribution in [3.05, 3.63) is 76.2 Å². The number of nitrogens with one attached hydrogen (secondary N) is 1. The number of aryl methyl sites for hydroxylation is 1. The number of carbonyl (C=O) groups excluding carboxylic acids is 2. The molecule has 4 rings (SSSR count). The van der Waals surface area contributed by atoms with Crippen molar-refractivity contribution in [3.8, 4) is 11.1 Å². The molecular weight excluding hydrogens is 456 g/mol. The number of hydrogen-bond acceptors (Lipinski definition) is 4. The lowest BCUT2D eigenvalue weighted by Crippen LogP contribution is -2.40. The number of pyridine rings is 2. The predicted octanol–water partition coefficient (Wildman–Crippen LogP) is 3.69. The normalized spacial score (nSPS) is 15.4. The molecule has 0 saturated carbocycles. The van der Waals surface area contributed by atoms with Crippen molar-refractivity contribution in [3.63, 3.8) is 0 Å². The van der Waals surface area contributed by atoms with Crippen LogP contribution in [0.1, 0.15) is 24.1 Å². The van der Waals surface area contributed by atoms with Crippen LogP contribution in [0.4, 0.5) is 28.9 Å². The summed E-state index contributed by atoms with van der Waals surface area (Å²) in [5.41, 5.74) is -1.32. The fourth-order valence-corrected chi connectivity index (χ4v) is 3.83. The Bertz CT molecular complexity index is 1350. The lowest BCUT2D eigenvalue weighted by molar-refractivity contribution is -0.137. The Hall–Kier alpha value is -4.02. The zero-order chi connectivity index (χ0) is 24.8. The van der Waals surface area contributed by atoms with Crippen LogP contribution in [0.5, 0.6) is 0 Å². The van der Waals surface area contributed by atoms with Gasteiger partial charge >= 0.3 is 6.18 Å². The molecule has 0 saturated heterocycles. The van der Waals surface area contributed by atoms with Crippen LogP contribution in [0, 0.1) is 5.82 Å². The van der Waals surface area contributed by atoms with E-state index in [4.69, 9.17) is 0 Å². The minimum Gasteiger partial charge on any atom is -0.325 e. The largest absolute Gasteiger partial charge is 0.416 e. The third-order valence-electron chi connectivity index (χ3n) is 5.54. The van der Waals surface area contributed by atoms with Crippen molar-refractivity contribution >= 4 is 23.2 Å². The van der Waals surface area contributed by atoms with E-state index in [1.54, 1.807) is 19.1 Å². The first kappa shape index (κ1) is 23.1. The number of fused-ring (bicyclic) bond motifs is 3. The smallest absolute Gasteiger partial charge is 0.325 e. The molecule has 1 aromatic carbocycles. The average Bonchev–Trinajstić information content (AvgIpc) is 2.87. The van der Waals surface area contributed by atoms with Gasteiger partial charge in [-0.05, 0) is 37.3 Å². The van der Waals surface area contributed by atoms with Crippen molar-refractivity contribution in [1.29, 1.82) is 0 Å². The van der Waals surface area contributed by atoms with Crippen LogP contribution in [0.25, 0.3) is 11.1 Å². The number of amides is 2. The summed E-state index contributed by atoms with van der Waals surface area (Å²) in [7, 11) is 1.31. The Morgan fingerprint density at radius 3 is 2.47 bits per heavy atom. The van der Waals surface area contributed by atoms with Gasteiger partial charge in [0.25, 0.3) is 5.56 Å². The highest BCUT2D eigenvalue weighted by Gasteiger charge is 2.36. The third kappa shape index (κ3) is 4.04. The van der Waals surface area contributed by atoms with Crippen LogP contribution in [-0.4, -0.2) is 27.9 Å². The van der Waals surface area contributed by atoms with E-state index in [2.05, 4.69) is 10.3 Å². The van der Waals surface area contributed by atoms with E-state index in [0.29, 0.717) is 0 Å². The molecule has 0 aliphatic carbocycles. The fourth-order valence-electron chi connectivity index (χ4n) is 3.83. The molecule has 0 radical (unpaired) electrons. The number of carbonyl (C=O) groups is 2. The number of benzene rings is 1. The quantitative estimate of drug-likeness (QED) is 0.587. The number of halogens is 4. The lowest BCUT2D eigenvalue weighted by atomic mass is 9.98. The van der Waals surface area contributed by atoms with E-state index >= 15 is 4.39 Å². The number of hydrogen-bond donors (Lipinski definition) is 1. The van der Waals surface area contributed by atoms with Crippen molar-refractivity contribution in [2.75, 3.05) is 16.8 Å². The summed E-state index contributed by atoms with van der Waals surface area (Å²) in [5, 5.41) is 2.44. The number of anilines is 2. The van der Waals surface area contributed by atoms with Crippen LogP contribution in [0.15, 0.2) is 53.6 Å². The minimum absolute atomic E-state index is 0.00534. The molecule has 0 fully saturated rings. The summed E-state index contributed by atoms with van der Waals surface area (Å²) in [5.74, 6) is -3.23. The minimum atomic E-state index is -4.52. The maximum Gasteiger partial charge on any atom is 0.416 e. The number of nitrogens with zero attached hydrogens (tertiary/aromatic N) is 3. The van der Waals surface area contributed by atoms with Crippen molar-refractivity contribution in [2.45, 2.75) is 19.0 Å². The molecule has 2 aromatic heterocycles. The maximum atomic E-state index is 15.2. The molecule has 3 heterocycles. The first-order valence-electron chi connectivity index (χ1n) is 10.1. The summed E-state index contributed by atoms with van der Waals surface area (Å²) >= 11 is 0. The summed E-state index contributed by atoms with van der Waals surface area (Å²) in [6, 6.07) is 6.90. The highest BCUT2D eigenvalue weighted by atomic mass is 19.4. The lowest BCUT2D eigenvalue weighted by Gasteiger charge is -2.24. The highest BCUT2D eigenvalue weighted by Crippen LogP contribution is 2.40. The van der Waals surface area contributed by atoms with Gasteiger partial charge in [0.05, 0.1) is 28.4 Å². The number of aromatic nitrogens is 2. The summed E-state index contributed by atoms with van der Waals surface area (Å²) in [4.78, 5) is 43.6. The van der Waals surface area contributed by atoms with Gasteiger partial charge in [-0.25, -0.2) is 4.39 Å². The average molecular weight is 474 g/mol.